The molecule has 0 aliphatic carbocycles. The van der Waals surface area contributed by atoms with E-state index in [-0.39, 0.29) is 29.5 Å². The smallest absolute Gasteiger partial charge is 0.433 e. The topological polar surface area (TPSA) is 71.9 Å². The molecule has 1 aromatic carbocycles. The van der Waals surface area contributed by atoms with Crippen LogP contribution in [0.3, 0.4) is 0 Å². The molecule has 6 nitrogen and oxygen atoms in total. The third-order valence-electron chi connectivity index (χ3n) is 6.43. The highest BCUT2D eigenvalue weighted by molar-refractivity contribution is 7.85. The van der Waals surface area contributed by atoms with Gasteiger partial charge in [-0.05, 0) is 84.2 Å². The van der Waals surface area contributed by atoms with Crippen LogP contribution in [0.2, 0.25) is 5.02 Å². The van der Waals surface area contributed by atoms with Gasteiger partial charge in [0.25, 0.3) is 0 Å². The first-order valence-electron chi connectivity index (χ1n) is 13.2. The molecule has 250 valence electrons. The van der Waals surface area contributed by atoms with Crippen molar-refractivity contribution >= 4 is 34.4 Å². The average Bonchev–Trinajstić information content (AvgIpc) is 3.28. The number of hydrogen-bond acceptors (Lipinski definition) is 4. The molecule has 1 unspecified atom stereocenters. The molecule has 0 N–H and O–H groups in total. The van der Waals surface area contributed by atoms with Crippen molar-refractivity contribution in [3.8, 4) is 0 Å². The summed E-state index contributed by atoms with van der Waals surface area (Å²) in [4.78, 5) is 17.8. The van der Waals surface area contributed by atoms with E-state index in [4.69, 9.17) is 16.3 Å². The predicted molar refractivity (Wildman–Crippen MR) is 149 cm³/mol. The number of aromatic nitrogens is 1. The van der Waals surface area contributed by atoms with Gasteiger partial charge < -0.3 is 4.74 Å². The number of carbonyl (C=O) groups is 1. The third kappa shape index (κ3) is 8.89. The number of rotatable bonds is 4. The van der Waals surface area contributed by atoms with Crippen LogP contribution in [0.5, 0.6) is 0 Å². The summed E-state index contributed by atoms with van der Waals surface area (Å²) in [6.07, 6.45) is -16.3. The molecule has 0 bridgehead atoms. The van der Waals surface area contributed by atoms with Crippen molar-refractivity contribution in [2.45, 2.75) is 95.3 Å². The largest absolute Gasteiger partial charge is 0.444 e. The SMILES string of the molecule is CC(C)(C)OC(=O)N1[C@H](/C(=N/S(=O)C(C)(C)C)c2cc(C(F)(F)F)cc(C(F)(F)F)c2)CC[C@H]1c1cc(C(F)(F)F)ncc1Cl. The Labute approximate surface area is 260 Å². The highest BCUT2D eigenvalue weighted by Gasteiger charge is 2.46. The lowest BCUT2D eigenvalue weighted by Gasteiger charge is -2.34. The van der Waals surface area contributed by atoms with Gasteiger partial charge in [-0.2, -0.15) is 43.9 Å². The van der Waals surface area contributed by atoms with Gasteiger partial charge >= 0.3 is 24.6 Å². The summed E-state index contributed by atoms with van der Waals surface area (Å²) in [5.74, 6) is 0. The normalized spacial score (nSPS) is 19.6. The third-order valence-corrected chi connectivity index (χ3v) is 8.15. The summed E-state index contributed by atoms with van der Waals surface area (Å²) in [5.41, 5.74) is -7.51. The maximum Gasteiger partial charge on any atom is 0.433 e. The second kappa shape index (κ2) is 12.4. The number of carbonyl (C=O) groups excluding carboxylic acids is 1. The maximum absolute atomic E-state index is 13.8. The second-order valence-corrected chi connectivity index (χ2v) is 14.5. The molecule has 2 heterocycles. The van der Waals surface area contributed by atoms with E-state index in [9.17, 15) is 48.5 Å². The van der Waals surface area contributed by atoms with E-state index >= 15 is 0 Å². The lowest BCUT2D eigenvalue weighted by atomic mass is 9.96. The van der Waals surface area contributed by atoms with Gasteiger partial charge in [-0.3, -0.25) is 9.88 Å². The van der Waals surface area contributed by atoms with Crippen molar-refractivity contribution in [3.63, 3.8) is 0 Å². The van der Waals surface area contributed by atoms with Gasteiger partial charge in [0, 0.05) is 11.8 Å². The van der Waals surface area contributed by atoms with Crippen molar-refractivity contribution in [3.05, 3.63) is 63.4 Å². The molecule has 17 heteroatoms. The molecule has 1 aliphatic rings. The number of benzene rings is 1. The van der Waals surface area contributed by atoms with Crippen molar-refractivity contribution in [2.24, 2.45) is 4.40 Å². The molecular formula is C28H29ClF9N3O3S. The summed E-state index contributed by atoms with van der Waals surface area (Å²) in [5, 5.41) is -0.294. The van der Waals surface area contributed by atoms with Crippen LogP contribution >= 0.6 is 11.6 Å². The summed E-state index contributed by atoms with van der Waals surface area (Å²) in [7, 11) is -2.28. The molecule has 3 rings (SSSR count). The summed E-state index contributed by atoms with van der Waals surface area (Å²) < 4.78 is 145. The van der Waals surface area contributed by atoms with E-state index in [2.05, 4.69) is 9.38 Å². The number of ether oxygens (including phenoxy) is 1. The minimum Gasteiger partial charge on any atom is -0.444 e. The molecule has 0 saturated carbocycles. The average molecular weight is 694 g/mol. The lowest BCUT2D eigenvalue weighted by Crippen LogP contribution is -2.45. The van der Waals surface area contributed by atoms with Gasteiger partial charge in [-0.15, -0.1) is 0 Å². The highest BCUT2D eigenvalue weighted by atomic mass is 35.5. The van der Waals surface area contributed by atoms with Gasteiger partial charge in [0.05, 0.1) is 38.7 Å². The zero-order valence-electron chi connectivity index (χ0n) is 24.7. The Kier molecular flexibility index (Phi) is 10.1. The first-order chi connectivity index (χ1) is 20.2. The maximum atomic E-state index is 13.8. The van der Waals surface area contributed by atoms with Crippen LogP contribution in [-0.4, -0.2) is 42.3 Å². The Morgan fingerprint density at radius 2 is 1.42 bits per heavy atom. The Balaban J connectivity index is 2.36. The van der Waals surface area contributed by atoms with Crippen molar-refractivity contribution in [2.75, 3.05) is 0 Å². The number of hydrogen-bond donors (Lipinski definition) is 0. The van der Waals surface area contributed by atoms with Crippen LogP contribution in [0.1, 0.15) is 88.4 Å². The van der Waals surface area contributed by atoms with E-state index in [1.807, 2.05) is 0 Å². The zero-order valence-corrected chi connectivity index (χ0v) is 26.3. The molecular weight excluding hydrogens is 665 g/mol. The van der Waals surface area contributed by atoms with Gasteiger partial charge in [0.15, 0.2) is 0 Å². The first-order valence-corrected chi connectivity index (χ1v) is 14.7. The number of nitrogens with zero attached hydrogens (tertiary/aromatic N) is 3. The van der Waals surface area contributed by atoms with Crippen LogP contribution in [0.15, 0.2) is 34.9 Å². The number of halogens is 10. The fourth-order valence-electron chi connectivity index (χ4n) is 4.45. The quantitative estimate of drug-likeness (QED) is 0.237. The molecule has 1 aliphatic heterocycles. The minimum atomic E-state index is -5.24. The summed E-state index contributed by atoms with van der Waals surface area (Å²) >= 11 is 6.22. The molecule has 2 aromatic rings. The lowest BCUT2D eigenvalue weighted by molar-refractivity contribution is -0.143. The Morgan fingerprint density at radius 1 is 0.889 bits per heavy atom. The van der Waals surface area contributed by atoms with Crippen LogP contribution in [0.25, 0.3) is 0 Å². The zero-order chi connectivity index (χ0) is 34.5. The van der Waals surface area contributed by atoms with Gasteiger partial charge in [0.1, 0.15) is 22.3 Å². The molecule has 0 spiro atoms. The van der Waals surface area contributed by atoms with Crippen LogP contribution in [0, 0.1) is 0 Å². The predicted octanol–water partition coefficient (Wildman–Crippen LogP) is 9.18. The Morgan fingerprint density at radius 3 is 1.87 bits per heavy atom. The number of likely N-dealkylation sites (tertiary alicyclic amines) is 1. The molecule has 0 radical (unpaired) electrons. The molecule has 1 aromatic heterocycles. The van der Waals surface area contributed by atoms with E-state index in [0.29, 0.717) is 24.4 Å². The van der Waals surface area contributed by atoms with Crippen molar-refractivity contribution < 1.29 is 53.3 Å². The Bertz CT molecular complexity index is 1460. The second-order valence-electron chi connectivity index (χ2n) is 12.2. The molecule has 1 fully saturated rings. The minimum absolute atomic E-state index is 0.0969. The number of amides is 1. The van der Waals surface area contributed by atoms with Gasteiger partial charge in [0.2, 0.25) is 0 Å². The van der Waals surface area contributed by atoms with E-state index in [1.165, 1.54) is 41.5 Å². The van der Waals surface area contributed by atoms with Gasteiger partial charge in [-0.1, -0.05) is 11.6 Å². The monoisotopic (exact) mass is 693 g/mol. The number of pyridine rings is 1. The molecule has 45 heavy (non-hydrogen) atoms. The highest BCUT2D eigenvalue weighted by Crippen LogP contribution is 2.44. The van der Waals surface area contributed by atoms with Crippen LogP contribution < -0.4 is 0 Å². The van der Waals surface area contributed by atoms with E-state index in [0.717, 1.165) is 4.90 Å². The number of alkyl halides is 9. The van der Waals surface area contributed by atoms with Crippen molar-refractivity contribution in [1.82, 2.24) is 9.88 Å². The van der Waals surface area contributed by atoms with E-state index in [1.54, 1.807) is 0 Å². The molecule has 3 atom stereocenters. The Hall–Kier alpha value is -2.88. The van der Waals surface area contributed by atoms with Crippen LogP contribution in [0.4, 0.5) is 44.3 Å². The molecule has 1 saturated heterocycles. The fourth-order valence-corrected chi connectivity index (χ4v) is 5.36. The summed E-state index contributed by atoms with van der Waals surface area (Å²) in [6, 6.07) is -1.55. The van der Waals surface area contributed by atoms with Crippen molar-refractivity contribution in [1.29, 1.82) is 0 Å². The molecule has 1 amide bonds. The first kappa shape index (κ1) is 36.6. The fraction of sp³-hybridized carbons (Fsp3) is 0.536. The standard InChI is InChI=1S/C28H29ClF9N3O3S/c1-24(2,3)44-23(42)41-19(17-12-21(28(36,37)38)39-13-18(17)29)7-8-20(41)22(40-45(43)25(4,5)6)14-9-15(26(30,31)32)11-16(10-14)27(33,34)35/h9-13,19-20H,7-8H2,1-6H3/b40-22+/t19-,20-,45?/m0/s1. The van der Waals surface area contributed by atoms with Gasteiger partial charge in [-0.25, -0.2) is 9.00 Å². The summed E-state index contributed by atoms with van der Waals surface area (Å²) in [6.45, 7) is 8.77. The van der Waals surface area contributed by atoms with E-state index < -0.39 is 86.1 Å². The van der Waals surface area contributed by atoms with Crippen LogP contribution in [-0.2, 0) is 34.3 Å².